The summed E-state index contributed by atoms with van der Waals surface area (Å²) in [6, 6.07) is 3.91. The average Bonchev–Trinajstić information content (AvgIpc) is 2.79. The van der Waals surface area contributed by atoms with Crippen molar-refractivity contribution in [1.29, 1.82) is 0 Å². The minimum Gasteiger partial charge on any atom is -0.371 e. The third-order valence-electron chi connectivity index (χ3n) is 4.05. The minimum atomic E-state index is -0.101. The molecule has 1 aliphatic heterocycles. The van der Waals surface area contributed by atoms with Gasteiger partial charge in [-0.3, -0.25) is 0 Å². The van der Waals surface area contributed by atoms with Crippen LogP contribution >= 0.6 is 0 Å². The first-order valence-electron chi connectivity index (χ1n) is 7.31. The van der Waals surface area contributed by atoms with Crippen LogP contribution in [-0.2, 0) is 0 Å². The number of anilines is 1. The van der Waals surface area contributed by atoms with Gasteiger partial charge in [0.1, 0.15) is 5.82 Å². The van der Waals surface area contributed by atoms with E-state index >= 15 is 0 Å². The molecule has 1 aliphatic rings. The summed E-state index contributed by atoms with van der Waals surface area (Å²) in [5.74, 6) is 0.628. The van der Waals surface area contributed by atoms with E-state index < -0.39 is 0 Å². The Balaban J connectivity index is 2.36. The predicted molar refractivity (Wildman–Crippen MR) is 79.2 cm³/mol. The van der Waals surface area contributed by atoms with Crippen LogP contribution in [0.4, 0.5) is 10.1 Å². The molecule has 19 heavy (non-hydrogen) atoms. The largest absolute Gasteiger partial charge is 0.371 e. The van der Waals surface area contributed by atoms with Crippen molar-refractivity contribution in [3.05, 3.63) is 29.1 Å². The van der Waals surface area contributed by atoms with Gasteiger partial charge in [-0.1, -0.05) is 13.8 Å². The Morgan fingerprint density at radius 2 is 2.21 bits per heavy atom. The van der Waals surface area contributed by atoms with Crippen molar-refractivity contribution >= 4 is 5.69 Å². The molecular formula is C16H25FN2. The molecule has 1 heterocycles. The highest BCUT2D eigenvalue weighted by atomic mass is 19.1. The van der Waals surface area contributed by atoms with E-state index in [9.17, 15) is 4.39 Å². The van der Waals surface area contributed by atoms with Gasteiger partial charge in [0.15, 0.2) is 0 Å². The first kappa shape index (κ1) is 14.3. The standard InChI is InChI=1S/C16H25FN2/c1-5-18-13(4)14-9-15(17)12(3)8-16(14)19-7-6-11(2)10-19/h8-9,11,13,18H,5-7,10H2,1-4H3. The van der Waals surface area contributed by atoms with Crippen LogP contribution in [0.15, 0.2) is 12.1 Å². The lowest BCUT2D eigenvalue weighted by Gasteiger charge is -2.26. The average molecular weight is 264 g/mol. The zero-order chi connectivity index (χ0) is 14.0. The number of hydrogen-bond acceptors (Lipinski definition) is 2. The van der Waals surface area contributed by atoms with E-state index in [1.165, 1.54) is 12.1 Å². The summed E-state index contributed by atoms with van der Waals surface area (Å²) >= 11 is 0. The number of nitrogens with one attached hydrogen (secondary N) is 1. The summed E-state index contributed by atoms with van der Waals surface area (Å²) in [5.41, 5.74) is 3.03. The van der Waals surface area contributed by atoms with Crippen LogP contribution in [0.3, 0.4) is 0 Å². The van der Waals surface area contributed by atoms with E-state index in [1.807, 2.05) is 13.0 Å². The fourth-order valence-electron chi connectivity index (χ4n) is 2.87. The van der Waals surface area contributed by atoms with Gasteiger partial charge in [-0.05, 0) is 56.0 Å². The molecule has 1 N–H and O–H groups in total. The quantitative estimate of drug-likeness (QED) is 0.893. The molecular weight excluding hydrogens is 239 g/mol. The summed E-state index contributed by atoms with van der Waals surface area (Å²) < 4.78 is 13.9. The Kier molecular flexibility index (Phi) is 4.46. The molecule has 3 heteroatoms. The Hall–Kier alpha value is -1.09. The fraction of sp³-hybridized carbons (Fsp3) is 0.625. The van der Waals surface area contributed by atoms with Gasteiger partial charge in [0, 0.05) is 24.8 Å². The lowest BCUT2D eigenvalue weighted by molar-refractivity contribution is 0.578. The van der Waals surface area contributed by atoms with Crippen molar-refractivity contribution in [3.63, 3.8) is 0 Å². The van der Waals surface area contributed by atoms with Crippen LogP contribution < -0.4 is 10.2 Å². The third-order valence-corrected chi connectivity index (χ3v) is 4.05. The lowest BCUT2D eigenvalue weighted by Crippen LogP contribution is -2.25. The zero-order valence-electron chi connectivity index (χ0n) is 12.5. The fourth-order valence-corrected chi connectivity index (χ4v) is 2.87. The number of halogens is 1. The maximum absolute atomic E-state index is 13.9. The molecule has 1 fully saturated rings. The zero-order valence-corrected chi connectivity index (χ0v) is 12.5. The lowest BCUT2D eigenvalue weighted by atomic mass is 10.0. The number of hydrogen-bond donors (Lipinski definition) is 1. The van der Waals surface area contributed by atoms with Crippen LogP contribution in [0, 0.1) is 18.7 Å². The second-order valence-electron chi connectivity index (χ2n) is 5.78. The SMILES string of the molecule is CCNC(C)c1cc(F)c(C)cc1N1CCC(C)C1. The van der Waals surface area contributed by atoms with Crippen LogP contribution in [0.25, 0.3) is 0 Å². The third kappa shape index (κ3) is 3.08. The molecule has 106 valence electrons. The molecule has 1 aromatic carbocycles. The van der Waals surface area contributed by atoms with Gasteiger partial charge in [-0.15, -0.1) is 0 Å². The first-order valence-corrected chi connectivity index (χ1v) is 7.31. The van der Waals surface area contributed by atoms with E-state index in [1.54, 1.807) is 6.07 Å². The summed E-state index contributed by atoms with van der Waals surface area (Å²) in [7, 11) is 0. The molecule has 2 nitrogen and oxygen atoms in total. The molecule has 0 bridgehead atoms. The highest BCUT2D eigenvalue weighted by molar-refractivity contribution is 5.57. The molecule has 0 radical (unpaired) electrons. The van der Waals surface area contributed by atoms with Crippen molar-refractivity contribution in [2.24, 2.45) is 5.92 Å². The molecule has 0 spiro atoms. The number of nitrogens with zero attached hydrogens (tertiary/aromatic N) is 1. The molecule has 2 atom stereocenters. The van der Waals surface area contributed by atoms with Gasteiger partial charge in [0.2, 0.25) is 0 Å². The molecule has 0 aromatic heterocycles. The number of rotatable bonds is 4. The van der Waals surface area contributed by atoms with Crippen LogP contribution in [0.1, 0.15) is 44.4 Å². The van der Waals surface area contributed by atoms with Crippen molar-refractivity contribution in [2.75, 3.05) is 24.5 Å². The Labute approximate surface area is 116 Å². The van der Waals surface area contributed by atoms with Gasteiger partial charge < -0.3 is 10.2 Å². The van der Waals surface area contributed by atoms with Gasteiger partial charge in [0.05, 0.1) is 0 Å². The van der Waals surface area contributed by atoms with Crippen LogP contribution in [0.2, 0.25) is 0 Å². The van der Waals surface area contributed by atoms with E-state index in [-0.39, 0.29) is 11.9 Å². The van der Waals surface area contributed by atoms with E-state index in [4.69, 9.17) is 0 Å². The van der Waals surface area contributed by atoms with Crippen LogP contribution in [-0.4, -0.2) is 19.6 Å². The minimum absolute atomic E-state index is 0.101. The van der Waals surface area contributed by atoms with Gasteiger partial charge >= 0.3 is 0 Å². The highest BCUT2D eigenvalue weighted by Gasteiger charge is 2.23. The Morgan fingerprint density at radius 1 is 1.47 bits per heavy atom. The summed E-state index contributed by atoms with van der Waals surface area (Å²) in [4.78, 5) is 2.40. The maximum atomic E-state index is 13.9. The van der Waals surface area contributed by atoms with Gasteiger partial charge in [-0.2, -0.15) is 0 Å². The molecule has 1 saturated heterocycles. The van der Waals surface area contributed by atoms with Crippen molar-refractivity contribution < 1.29 is 4.39 Å². The van der Waals surface area contributed by atoms with Crippen molar-refractivity contribution in [1.82, 2.24) is 5.32 Å². The van der Waals surface area contributed by atoms with Crippen molar-refractivity contribution in [2.45, 2.75) is 40.2 Å². The van der Waals surface area contributed by atoms with E-state index in [0.717, 1.165) is 36.7 Å². The second kappa shape index (κ2) is 5.91. The van der Waals surface area contributed by atoms with Crippen LogP contribution in [0.5, 0.6) is 0 Å². The summed E-state index contributed by atoms with van der Waals surface area (Å²) in [6.45, 7) is 11.4. The van der Waals surface area contributed by atoms with Gasteiger partial charge in [-0.25, -0.2) is 4.39 Å². The smallest absolute Gasteiger partial charge is 0.126 e. The maximum Gasteiger partial charge on any atom is 0.126 e. The molecule has 0 aliphatic carbocycles. The molecule has 2 unspecified atom stereocenters. The highest BCUT2D eigenvalue weighted by Crippen LogP contribution is 2.32. The number of aryl methyl sites for hydroxylation is 1. The molecule has 2 rings (SSSR count). The van der Waals surface area contributed by atoms with Gasteiger partial charge in [0.25, 0.3) is 0 Å². The van der Waals surface area contributed by atoms with Crippen molar-refractivity contribution in [3.8, 4) is 0 Å². The molecule has 0 amide bonds. The predicted octanol–water partition coefficient (Wildman–Crippen LogP) is 3.65. The molecule has 1 aromatic rings. The van der Waals surface area contributed by atoms with E-state index in [0.29, 0.717) is 0 Å². The summed E-state index contributed by atoms with van der Waals surface area (Å²) in [5, 5.41) is 3.39. The Bertz CT molecular complexity index is 445. The second-order valence-corrected chi connectivity index (χ2v) is 5.78. The Morgan fingerprint density at radius 3 is 2.79 bits per heavy atom. The topological polar surface area (TPSA) is 15.3 Å². The number of benzene rings is 1. The molecule has 0 saturated carbocycles. The first-order chi connectivity index (χ1) is 9.02. The summed E-state index contributed by atoms with van der Waals surface area (Å²) in [6.07, 6.45) is 1.23. The monoisotopic (exact) mass is 264 g/mol. The normalized spacial score (nSPS) is 20.9. The van der Waals surface area contributed by atoms with E-state index in [2.05, 4.69) is 31.0 Å².